The Hall–Kier alpha value is -1.11. The molecule has 15 heavy (non-hydrogen) atoms. The lowest BCUT2D eigenvalue weighted by molar-refractivity contribution is 0.205. The number of aliphatic hydroxyl groups excluding tert-OH is 1. The standard InChI is InChI=1S/C9H12O5S/c1-13-8-2-4-9(5-3-8)15(11,12)14-7-6-10/h2-5,10H,6-7H2,1H3. The van der Waals surface area contributed by atoms with E-state index < -0.39 is 10.1 Å². The smallest absolute Gasteiger partial charge is 0.297 e. The van der Waals surface area contributed by atoms with Crippen LogP contribution in [0.2, 0.25) is 0 Å². The molecule has 0 spiro atoms. The Morgan fingerprint density at radius 3 is 2.33 bits per heavy atom. The van der Waals surface area contributed by atoms with Gasteiger partial charge in [0, 0.05) is 0 Å². The van der Waals surface area contributed by atoms with Crippen LogP contribution in [0.15, 0.2) is 29.2 Å². The number of ether oxygens (including phenoxy) is 1. The second-order valence-electron chi connectivity index (χ2n) is 2.68. The Bertz CT molecular complexity index is 395. The Labute approximate surface area is 88.4 Å². The first-order valence-electron chi connectivity index (χ1n) is 4.24. The molecular weight excluding hydrogens is 220 g/mol. The lowest BCUT2D eigenvalue weighted by Gasteiger charge is -2.04. The van der Waals surface area contributed by atoms with Crippen molar-refractivity contribution in [1.29, 1.82) is 0 Å². The molecule has 0 bridgehead atoms. The van der Waals surface area contributed by atoms with Gasteiger partial charge in [-0.25, -0.2) is 0 Å². The Morgan fingerprint density at radius 2 is 1.87 bits per heavy atom. The number of hydrogen-bond acceptors (Lipinski definition) is 5. The van der Waals surface area contributed by atoms with Gasteiger partial charge in [0.2, 0.25) is 0 Å². The third-order valence-electron chi connectivity index (χ3n) is 1.68. The number of rotatable bonds is 5. The van der Waals surface area contributed by atoms with Crippen LogP contribution < -0.4 is 4.74 Å². The Kier molecular flexibility index (Phi) is 4.07. The number of aliphatic hydroxyl groups is 1. The largest absolute Gasteiger partial charge is 0.497 e. The molecule has 0 saturated carbocycles. The number of benzene rings is 1. The lowest BCUT2D eigenvalue weighted by Crippen LogP contribution is -2.09. The van der Waals surface area contributed by atoms with E-state index in [-0.39, 0.29) is 18.1 Å². The summed E-state index contributed by atoms with van der Waals surface area (Å²) in [5.41, 5.74) is 0. The van der Waals surface area contributed by atoms with E-state index in [4.69, 9.17) is 9.84 Å². The van der Waals surface area contributed by atoms with E-state index in [1.165, 1.54) is 31.4 Å². The zero-order valence-electron chi connectivity index (χ0n) is 8.21. The molecule has 0 amide bonds. The fraction of sp³-hybridized carbons (Fsp3) is 0.333. The van der Waals surface area contributed by atoms with Crippen LogP contribution in [0.5, 0.6) is 5.75 Å². The van der Waals surface area contributed by atoms with Gasteiger partial charge in [0.15, 0.2) is 0 Å². The molecule has 1 rings (SSSR count). The summed E-state index contributed by atoms with van der Waals surface area (Å²) in [6.45, 7) is -0.580. The average molecular weight is 232 g/mol. The van der Waals surface area contributed by atoms with Crippen molar-refractivity contribution in [2.24, 2.45) is 0 Å². The monoisotopic (exact) mass is 232 g/mol. The molecule has 1 N–H and O–H groups in total. The maximum atomic E-state index is 11.4. The third kappa shape index (κ3) is 3.19. The molecule has 0 radical (unpaired) electrons. The first-order chi connectivity index (χ1) is 7.10. The minimum Gasteiger partial charge on any atom is -0.497 e. The summed E-state index contributed by atoms with van der Waals surface area (Å²) in [5.74, 6) is 0.566. The topological polar surface area (TPSA) is 72.8 Å². The van der Waals surface area contributed by atoms with Crippen LogP contribution in [0.3, 0.4) is 0 Å². The first-order valence-corrected chi connectivity index (χ1v) is 5.65. The van der Waals surface area contributed by atoms with Gasteiger partial charge in [-0.1, -0.05) is 0 Å². The molecule has 0 aliphatic rings. The van der Waals surface area contributed by atoms with Gasteiger partial charge in [-0.2, -0.15) is 8.42 Å². The fourth-order valence-corrected chi connectivity index (χ4v) is 1.86. The molecule has 1 aromatic carbocycles. The van der Waals surface area contributed by atoms with Crippen LogP contribution in [0.1, 0.15) is 0 Å². The average Bonchev–Trinajstić information content (AvgIpc) is 2.26. The van der Waals surface area contributed by atoms with Gasteiger partial charge in [-0.05, 0) is 24.3 Å². The maximum absolute atomic E-state index is 11.4. The second kappa shape index (κ2) is 5.11. The van der Waals surface area contributed by atoms with Crippen LogP contribution in [-0.2, 0) is 14.3 Å². The van der Waals surface area contributed by atoms with Crippen LogP contribution in [0, 0.1) is 0 Å². The minimum atomic E-state index is -3.76. The fourth-order valence-electron chi connectivity index (χ4n) is 0.957. The predicted molar refractivity (Wildman–Crippen MR) is 53.2 cm³/mol. The molecule has 0 aliphatic heterocycles. The summed E-state index contributed by atoms with van der Waals surface area (Å²) < 4.78 is 32.2. The molecular formula is C9H12O5S. The lowest BCUT2D eigenvalue weighted by atomic mass is 10.3. The van der Waals surface area contributed by atoms with E-state index in [1.54, 1.807) is 0 Å². The van der Waals surface area contributed by atoms with Gasteiger partial charge in [-0.15, -0.1) is 0 Å². The zero-order chi connectivity index (χ0) is 11.3. The van der Waals surface area contributed by atoms with Gasteiger partial charge in [0.05, 0.1) is 25.2 Å². The van der Waals surface area contributed by atoms with Gasteiger partial charge in [0.25, 0.3) is 10.1 Å². The van der Waals surface area contributed by atoms with E-state index in [9.17, 15) is 8.42 Å². The van der Waals surface area contributed by atoms with E-state index in [2.05, 4.69) is 4.18 Å². The number of methoxy groups -OCH3 is 1. The molecule has 1 aromatic rings. The van der Waals surface area contributed by atoms with Gasteiger partial charge in [-0.3, -0.25) is 4.18 Å². The molecule has 5 nitrogen and oxygen atoms in total. The van der Waals surface area contributed by atoms with Gasteiger partial charge >= 0.3 is 0 Å². The normalized spacial score (nSPS) is 11.3. The summed E-state index contributed by atoms with van der Waals surface area (Å²) in [4.78, 5) is 0.0387. The van der Waals surface area contributed by atoms with E-state index in [0.29, 0.717) is 5.75 Å². The van der Waals surface area contributed by atoms with Gasteiger partial charge in [0.1, 0.15) is 5.75 Å². The predicted octanol–water partition coefficient (Wildman–Crippen LogP) is 0.393. The zero-order valence-corrected chi connectivity index (χ0v) is 9.03. The van der Waals surface area contributed by atoms with Crippen molar-refractivity contribution in [2.75, 3.05) is 20.3 Å². The second-order valence-corrected chi connectivity index (χ2v) is 4.29. The SMILES string of the molecule is COc1ccc(S(=O)(=O)OCCO)cc1. The Morgan fingerprint density at radius 1 is 1.27 bits per heavy atom. The summed E-state index contributed by atoms with van der Waals surface area (Å²) in [5, 5.41) is 8.45. The quantitative estimate of drug-likeness (QED) is 0.743. The van der Waals surface area contributed by atoms with Crippen LogP contribution in [0.4, 0.5) is 0 Å². The maximum Gasteiger partial charge on any atom is 0.297 e. The molecule has 6 heteroatoms. The highest BCUT2D eigenvalue weighted by atomic mass is 32.2. The molecule has 0 heterocycles. The molecule has 0 aromatic heterocycles. The molecule has 0 saturated heterocycles. The van der Waals surface area contributed by atoms with Crippen LogP contribution in [0.25, 0.3) is 0 Å². The minimum absolute atomic E-state index is 0.0387. The number of hydrogen-bond donors (Lipinski definition) is 1. The highest BCUT2D eigenvalue weighted by Gasteiger charge is 2.14. The van der Waals surface area contributed by atoms with E-state index >= 15 is 0 Å². The highest BCUT2D eigenvalue weighted by Crippen LogP contribution is 2.16. The summed E-state index contributed by atoms with van der Waals surface area (Å²) in [7, 11) is -2.27. The molecule has 84 valence electrons. The summed E-state index contributed by atoms with van der Waals surface area (Å²) in [6.07, 6.45) is 0. The van der Waals surface area contributed by atoms with Crippen molar-refractivity contribution in [3.63, 3.8) is 0 Å². The van der Waals surface area contributed by atoms with Crippen molar-refractivity contribution in [3.8, 4) is 5.75 Å². The molecule has 0 aliphatic carbocycles. The Balaban J connectivity index is 2.86. The third-order valence-corrected chi connectivity index (χ3v) is 3.00. The van der Waals surface area contributed by atoms with Crippen LogP contribution >= 0.6 is 0 Å². The molecule has 0 fully saturated rings. The van der Waals surface area contributed by atoms with Crippen molar-refractivity contribution in [1.82, 2.24) is 0 Å². The van der Waals surface area contributed by atoms with Gasteiger partial charge < -0.3 is 9.84 Å². The van der Waals surface area contributed by atoms with Crippen molar-refractivity contribution in [3.05, 3.63) is 24.3 Å². The molecule has 0 unspecified atom stereocenters. The highest BCUT2D eigenvalue weighted by molar-refractivity contribution is 7.86. The summed E-state index contributed by atoms with van der Waals surface area (Å²) >= 11 is 0. The van der Waals surface area contributed by atoms with E-state index in [0.717, 1.165) is 0 Å². The van der Waals surface area contributed by atoms with Crippen molar-refractivity contribution in [2.45, 2.75) is 4.90 Å². The van der Waals surface area contributed by atoms with Crippen molar-refractivity contribution < 1.29 is 22.4 Å². The molecule has 0 atom stereocenters. The van der Waals surface area contributed by atoms with E-state index in [1.807, 2.05) is 0 Å². The van der Waals surface area contributed by atoms with Crippen LogP contribution in [-0.4, -0.2) is 33.8 Å². The summed E-state index contributed by atoms with van der Waals surface area (Å²) in [6, 6.07) is 5.81. The first kappa shape index (κ1) is 12.0. The van der Waals surface area contributed by atoms with Crippen molar-refractivity contribution >= 4 is 10.1 Å².